The average molecular weight is 244 g/mol. The number of nitrogens with one attached hydrogen (secondary N) is 1. The quantitative estimate of drug-likeness (QED) is 0.798. The number of nitrogen functional groups attached to an aromatic ring is 1. The van der Waals surface area contributed by atoms with E-state index in [1.54, 1.807) is 17.9 Å². The summed E-state index contributed by atoms with van der Waals surface area (Å²) in [5.74, 6) is -0.113. The lowest BCUT2D eigenvalue weighted by Crippen LogP contribution is -2.23. The van der Waals surface area contributed by atoms with E-state index >= 15 is 0 Å². The second-order valence-electron chi connectivity index (χ2n) is 4.23. The first-order valence-electron chi connectivity index (χ1n) is 5.69. The van der Waals surface area contributed by atoms with Gasteiger partial charge in [-0.25, -0.2) is 0 Å². The number of carbonyl (C=O) groups is 1. The van der Waals surface area contributed by atoms with E-state index in [0.29, 0.717) is 17.8 Å². The van der Waals surface area contributed by atoms with E-state index in [9.17, 15) is 4.79 Å². The van der Waals surface area contributed by atoms with Crippen molar-refractivity contribution in [2.45, 2.75) is 13.5 Å². The molecule has 0 saturated heterocycles. The molecule has 0 bridgehead atoms. The second kappa shape index (κ2) is 4.91. The molecule has 3 N–H and O–H groups in total. The molecule has 0 aliphatic rings. The predicted molar refractivity (Wildman–Crippen MR) is 70.0 cm³/mol. The standard InChI is InChI=1S/C13H16N4O/c1-9-12(8-17(2)16-9)13(18)15-7-10-3-5-11(14)6-4-10/h3-6,8H,7,14H2,1-2H3,(H,15,18). The molecule has 0 aliphatic heterocycles. The van der Waals surface area contributed by atoms with Gasteiger partial charge in [0.15, 0.2) is 0 Å². The first kappa shape index (κ1) is 12.2. The van der Waals surface area contributed by atoms with Crippen LogP contribution in [0.2, 0.25) is 0 Å². The van der Waals surface area contributed by atoms with E-state index in [0.717, 1.165) is 11.3 Å². The molecule has 5 heteroatoms. The highest BCUT2D eigenvalue weighted by Gasteiger charge is 2.11. The molecule has 2 rings (SSSR count). The minimum absolute atomic E-state index is 0.113. The molecule has 1 aromatic heterocycles. The van der Waals surface area contributed by atoms with Crippen LogP contribution < -0.4 is 11.1 Å². The number of hydrogen-bond acceptors (Lipinski definition) is 3. The molecule has 1 aromatic carbocycles. The molecule has 18 heavy (non-hydrogen) atoms. The van der Waals surface area contributed by atoms with E-state index in [1.807, 2.05) is 31.2 Å². The van der Waals surface area contributed by atoms with Gasteiger partial charge in [0, 0.05) is 25.5 Å². The van der Waals surface area contributed by atoms with Crippen molar-refractivity contribution in [2.75, 3.05) is 5.73 Å². The normalized spacial score (nSPS) is 10.3. The van der Waals surface area contributed by atoms with Crippen molar-refractivity contribution in [2.24, 2.45) is 7.05 Å². The fraction of sp³-hybridized carbons (Fsp3) is 0.231. The number of aromatic nitrogens is 2. The summed E-state index contributed by atoms with van der Waals surface area (Å²) in [5.41, 5.74) is 8.66. The van der Waals surface area contributed by atoms with Crippen LogP contribution in [-0.2, 0) is 13.6 Å². The molecule has 0 spiro atoms. The van der Waals surface area contributed by atoms with Gasteiger partial charge >= 0.3 is 0 Å². The van der Waals surface area contributed by atoms with Crippen LogP contribution >= 0.6 is 0 Å². The van der Waals surface area contributed by atoms with Crippen LogP contribution in [0.3, 0.4) is 0 Å². The van der Waals surface area contributed by atoms with E-state index in [-0.39, 0.29) is 5.91 Å². The minimum atomic E-state index is -0.113. The lowest BCUT2D eigenvalue weighted by molar-refractivity contribution is 0.0950. The summed E-state index contributed by atoms with van der Waals surface area (Å²) < 4.78 is 1.63. The third kappa shape index (κ3) is 2.68. The number of rotatable bonds is 3. The van der Waals surface area contributed by atoms with Crippen molar-refractivity contribution in [1.29, 1.82) is 0 Å². The summed E-state index contributed by atoms with van der Waals surface area (Å²) in [6.07, 6.45) is 1.72. The average Bonchev–Trinajstić information content (AvgIpc) is 2.67. The lowest BCUT2D eigenvalue weighted by Gasteiger charge is -2.04. The van der Waals surface area contributed by atoms with Crippen molar-refractivity contribution in [1.82, 2.24) is 15.1 Å². The van der Waals surface area contributed by atoms with Crippen molar-refractivity contribution in [3.63, 3.8) is 0 Å². The first-order valence-corrected chi connectivity index (χ1v) is 5.69. The van der Waals surface area contributed by atoms with Gasteiger partial charge in [-0.05, 0) is 24.6 Å². The highest BCUT2D eigenvalue weighted by atomic mass is 16.1. The molecule has 0 unspecified atom stereocenters. The molecule has 0 atom stereocenters. The Morgan fingerprint density at radius 2 is 2.06 bits per heavy atom. The third-order valence-corrected chi connectivity index (χ3v) is 2.69. The Labute approximate surface area is 106 Å². The van der Waals surface area contributed by atoms with Gasteiger partial charge in [0.05, 0.1) is 11.3 Å². The Kier molecular flexibility index (Phi) is 3.32. The summed E-state index contributed by atoms with van der Waals surface area (Å²) >= 11 is 0. The maximum Gasteiger partial charge on any atom is 0.255 e. The Hall–Kier alpha value is -2.30. The molecule has 1 heterocycles. The molecule has 5 nitrogen and oxygen atoms in total. The van der Waals surface area contributed by atoms with Crippen LogP contribution in [0.1, 0.15) is 21.6 Å². The van der Waals surface area contributed by atoms with Crippen LogP contribution in [-0.4, -0.2) is 15.7 Å². The molecule has 1 amide bonds. The molecule has 0 aliphatic carbocycles. The van der Waals surface area contributed by atoms with Gasteiger partial charge in [-0.15, -0.1) is 0 Å². The zero-order chi connectivity index (χ0) is 13.1. The number of benzene rings is 1. The summed E-state index contributed by atoms with van der Waals surface area (Å²) in [7, 11) is 1.80. The van der Waals surface area contributed by atoms with Crippen LogP contribution in [0.25, 0.3) is 0 Å². The molecule has 0 radical (unpaired) electrons. The van der Waals surface area contributed by atoms with Gasteiger partial charge in [0.1, 0.15) is 0 Å². The molecule has 0 saturated carbocycles. The van der Waals surface area contributed by atoms with Crippen LogP contribution in [0.5, 0.6) is 0 Å². The predicted octanol–water partition coefficient (Wildman–Crippen LogP) is 1.24. The van der Waals surface area contributed by atoms with E-state index < -0.39 is 0 Å². The number of amides is 1. The number of aryl methyl sites for hydroxylation is 2. The van der Waals surface area contributed by atoms with Gasteiger partial charge in [0.25, 0.3) is 5.91 Å². The van der Waals surface area contributed by atoms with Gasteiger partial charge in [-0.2, -0.15) is 5.10 Å². The molecular weight excluding hydrogens is 228 g/mol. The second-order valence-corrected chi connectivity index (χ2v) is 4.23. The van der Waals surface area contributed by atoms with Crippen molar-refractivity contribution >= 4 is 11.6 Å². The van der Waals surface area contributed by atoms with E-state index in [2.05, 4.69) is 10.4 Å². The van der Waals surface area contributed by atoms with Gasteiger partial charge in [-0.3, -0.25) is 9.48 Å². The van der Waals surface area contributed by atoms with Gasteiger partial charge < -0.3 is 11.1 Å². The SMILES string of the molecule is Cc1nn(C)cc1C(=O)NCc1ccc(N)cc1. The van der Waals surface area contributed by atoms with Gasteiger partial charge in [0.2, 0.25) is 0 Å². The maximum atomic E-state index is 11.9. The van der Waals surface area contributed by atoms with Crippen LogP contribution in [0.4, 0.5) is 5.69 Å². The maximum absolute atomic E-state index is 11.9. The van der Waals surface area contributed by atoms with Crippen molar-refractivity contribution in [3.8, 4) is 0 Å². The minimum Gasteiger partial charge on any atom is -0.399 e. The zero-order valence-corrected chi connectivity index (χ0v) is 10.5. The fourth-order valence-electron chi connectivity index (χ4n) is 1.74. The number of carbonyl (C=O) groups excluding carboxylic acids is 1. The molecule has 94 valence electrons. The Bertz CT molecular complexity index is 557. The molecule has 2 aromatic rings. The third-order valence-electron chi connectivity index (χ3n) is 2.69. The Morgan fingerprint density at radius 3 is 2.61 bits per heavy atom. The summed E-state index contributed by atoms with van der Waals surface area (Å²) in [6.45, 7) is 2.30. The van der Waals surface area contributed by atoms with Crippen molar-refractivity contribution < 1.29 is 4.79 Å². The highest BCUT2D eigenvalue weighted by molar-refractivity contribution is 5.94. The number of nitrogens with zero attached hydrogens (tertiary/aromatic N) is 2. The fourth-order valence-corrected chi connectivity index (χ4v) is 1.74. The smallest absolute Gasteiger partial charge is 0.255 e. The molecular formula is C13H16N4O. The number of hydrogen-bond donors (Lipinski definition) is 2. The topological polar surface area (TPSA) is 72.9 Å². The van der Waals surface area contributed by atoms with Crippen molar-refractivity contribution in [3.05, 3.63) is 47.3 Å². The van der Waals surface area contributed by atoms with Gasteiger partial charge in [-0.1, -0.05) is 12.1 Å². The van der Waals surface area contributed by atoms with Crippen LogP contribution in [0.15, 0.2) is 30.5 Å². The number of anilines is 1. The first-order chi connectivity index (χ1) is 8.56. The lowest BCUT2D eigenvalue weighted by atomic mass is 10.2. The summed E-state index contributed by atoms with van der Waals surface area (Å²) in [5, 5.41) is 6.99. The Morgan fingerprint density at radius 1 is 1.39 bits per heavy atom. The molecule has 0 fully saturated rings. The Balaban J connectivity index is 2.00. The largest absolute Gasteiger partial charge is 0.399 e. The monoisotopic (exact) mass is 244 g/mol. The highest BCUT2D eigenvalue weighted by Crippen LogP contribution is 2.07. The number of nitrogens with two attached hydrogens (primary N) is 1. The van der Waals surface area contributed by atoms with Crippen LogP contribution in [0, 0.1) is 6.92 Å². The zero-order valence-electron chi connectivity index (χ0n) is 10.5. The summed E-state index contributed by atoms with van der Waals surface area (Å²) in [4.78, 5) is 11.9. The summed E-state index contributed by atoms with van der Waals surface area (Å²) in [6, 6.07) is 7.42. The van der Waals surface area contributed by atoms with E-state index in [1.165, 1.54) is 0 Å². The van der Waals surface area contributed by atoms with E-state index in [4.69, 9.17) is 5.73 Å².